The van der Waals surface area contributed by atoms with Crippen LogP contribution in [-0.4, -0.2) is 47.0 Å². The van der Waals surface area contributed by atoms with Gasteiger partial charge in [-0.05, 0) is 30.2 Å². The highest BCUT2D eigenvalue weighted by Crippen LogP contribution is 2.19. The van der Waals surface area contributed by atoms with E-state index in [2.05, 4.69) is 27.9 Å². The van der Waals surface area contributed by atoms with E-state index < -0.39 is 0 Å². The molecule has 0 spiro atoms. The molecule has 1 aromatic heterocycles. The van der Waals surface area contributed by atoms with E-state index in [1.807, 2.05) is 47.4 Å². The molecule has 1 aliphatic rings. The lowest BCUT2D eigenvalue weighted by molar-refractivity contribution is -0.130. The molecular weight excluding hydrogens is 312 g/mol. The highest BCUT2D eigenvalue weighted by Gasteiger charge is 2.23. The first kappa shape index (κ1) is 15.7. The molecule has 0 aliphatic carbocycles. The van der Waals surface area contributed by atoms with Gasteiger partial charge in [0.1, 0.15) is 0 Å². The average molecular weight is 334 g/mol. The number of aromatic nitrogens is 2. The van der Waals surface area contributed by atoms with Gasteiger partial charge < -0.3 is 14.8 Å². The minimum absolute atomic E-state index is 0.207. The van der Waals surface area contributed by atoms with Gasteiger partial charge in [0.05, 0.1) is 17.5 Å². The number of carbonyl (C=O) groups is 1. The number of anilines is 1. The Morgan fingerprint density at radius 3 is 2.52 bits per heavy atom. The smallest absolute Gasteiger partial charge is 0.227 e. The van der Waals surface area contributed by atoms with E-state index in [-0.39, 0.29) is 5.91 Å². The zero-order chi connectivity index (χ0) is 17.2. The lowest BCUT2D eigenvalue weighted by atomic mass is 10.1. The summed E-state index contributed by atoms with van der Waals surface area (Å²) in [5, 5.41) is 0. The standard InChI is InChI=1S/C20H22N4O/c1-15-6-2-3-7-16(15)14-19(25)23-10-12-24(13-11-23)20-21-17-8-4-5-9-18(17)22-20/h2-9H,10-14H2,1H3,(H,21,22). The first-order valence-corrected chi connectivity index (χ1v) is 8.73. The molecule has 1 N–H and O–H groups in total. The number of nitrogens with zero attached hydrogens (tertiary/aromatic N) is 3. The molecule has 5 nitrogen and oxygen atoms in total. The second-order valence-corrected chi connectivity index (χ2v) is 6.55. The Hall–Kier alpha value is -2.82. The van der Waals surface area contributed by atoms with Crippen molar-refractivity contribution in [2.75, 3.05) is 31.1 Å². The molecule has 0 radical (unpaired) electrons. The fourth-order valence-corrected chi connectivity index (χ4v) is 3.34. The van der Waals surface area contributed by atoms with Gasteiger partial charge in [0.15, 0.2) is 0 Å². The van der Waals surface area contributed by atoms with Crippen LogP contribution in [0.3, 0.4) is 0 Å². The zero-order valence-electron chi connectivity index (χ0n) is 14.4. The fraction of sp³-hybridized carbons (Fsp3) is 0.300. The van der Waals surface area contributed by atoms with Crippen molar-refractivity contribution in [3.63, 3.8) is 0 Å². The Morgan fingerprint density at radius 1 is 1.04 bits per heavy atom. The summed E-state index contributed by atoms with van der Waals surface area (Å²) in [6.07, 6.45) is 0.483. The van der Waals surface area contributed by atoms with Crippen LogP contribution in [0.1, 0.15) is 11.1 Å². The first-order chi connectivity index (χ1) is 12.2. The molecule has 1 saturated heterocycles. The summed E-state index contributed by atoms with van der Waals surface area (Å²) >= 11 is 0. The number of amides is 1. The third-order valence-corrected chi connectivity index (χ3v) is 4.91. The number of hydrogen-bond donors (Lipinski definition) is 1. The van der Waals surface area contributed by atoms with Crippen LogP contribution in [0.4, 0.5) is 5.95 Å². The van der Waals surface area contributed by atoms with E-state index in [0.29, 0.717) is 6.42 Å². The molecule has 2 aromatic carbocycles. The van der Waals surface area contributed by atoms with Crippen molar-refractivity contribution >= 4 is 22.9 Å². The monoisotopic (exact) mass is 334 g/mol. The van der Waals surface area contributed by atoms with Gasteiger partial charge in [-0.3, -0.25) is 4.79 Å². The number of benzene rings is 2. The van der Waals surface area contributed by atoms with Gasteiger partial charge in [-0.25, -0.2) is 4.98 Å². The van der Waals surface area contributed by atoms with E-state index in [4.69, 9.17) is 0 Å². The van der Waals surface area contributed by atoms with Gasteiger partial charge in [0.25, 0.3) is 0 Å². The number of rotatable bonds is 3. The van der Waals surface area contributed by atoms with Crippen molar-refractivity contribution in [3.05, 3.63) is 59.7 Å². The lowest BCUT2D eigenvalue weighted by Crippen LogP contribution is -2.49. The molecule has 0 atom stereocenters. The number of fused-ring (bicyclic) bond motifs is 1. The summed E-state index contributed by atoms with van der Waals surface area (Å²) in [5.41, 5.74) is 4.33. The zero-order valence-corrected chi connectivity index (χ0v) is 14.4. The van der Waals surface area contributed by atoms with Crippen molar-refractivity contribution in [3.8, 4) is 0 Å². The third kappa shape index (κ3) is 3.22. The number of carbonyl (C=O) groups excluding carboxylic acids is 1. The highest BCUT2D eigenvalue weighted by molar-refractivity contribution is 5.80. The second-order valence-electron chi connectivity index (χ2n) is 6.55. The Kier molecular flexibility index (Phi) is 4.14. The van der Waals surface area contributed by atoms with Crippen molar-refractivity contribution in [2.45, 2.75) is 13.3 Å². The third-order valence-electron chi connectivity index (χ3n) is 4.91. The van der Waals surface area contributed by atoms with Crippen molar-refractivity contribution in [1.29, 1.82) is 0 Å². The van der Waals surface area contributed by atoms with Gasteiger partial charge >= 0.3 is 0 Å². The molecule has 0 bridgehead atoms. The summed E-state index contributed by atoms with van der Waals surface area (Å²) in [7, 11) is 0. The fourth-order valence-electron chi connectivity index (χ4n) is 3.34. The summed E-state index contributed by atoms with van der Waals surface area (Å²) in [4.78, 5) is 24.8. The van der Waals surface area contributed by atoms with Crippen LogP contribution < -0.4 is 4.90 Å². The quantitative estimate of drug-likeness (QED) is 0.801. The maximum absolute atomic E-state index is 12.6. The number of nitrogens with one attached hydrogen (secondary N) is 1. The predicted molar refractivity (Wildman–Crippen MR) is 99.8 cm³/mol. The molecule has 128 valence electrons. The first-order valence-electron chi connectivity index (χ1n) is 8.73. The maximum atomic E-state index is 12.6. The minimum Gasteiger partial charge on any atom is -0.339 e. The Morgan fingerprint density at radius 2 is 1.76 bits per heavy atom. The van der Waals surface area contributed by atoms with Gasteiger partial charge in [0, 0.05) is 26.2 Å². The molecule has 2 heterocycles. The highest BCUT2D eigenvalue weighted by atomic mass is 16.2. The summed E-state index contributed by atoms with van der Waals surface area (Å²) in [6.45, 7) is 5.14. The van der Waals surface area contributed by atoms with Gasteiger partial charge in [0.2, 0.25) is 11.9 Å². The van der Waals surface area contributed by atoms with E-state index >= 15 is 0 Å². The van der Waals surface area contributed by atoms with Crippen LogP contribution in [0, 0.1) is 6.92 Å². The molecule has 0 unspecified atom stereocenters. The average Bonchev–Trinajstić information content (AvgIpc) is 3.08. The van der Waals surface area contributed by atoms with Crippen molar-refractivity contribution in [2.24, 2.45) is 0 Å². The van der Waals surface area contributed by atoms with E-state index in [1.54, 1.807) is 0 Å². The SMILES string of the molecule is Cc1ccccc1CC(=O)N1CCN(c2nc3ccccc3[nH]2)CC1. The number of hydrogen-bond acceptors (Lipinski definition) is 3. The molecule has 5 heteroatoms. The van der Waals surface area contributed by atoms with Crippen LogP contribution >= 0.6 is 0 Å². The van der Waals surface area contributed by atoms with Gasteiger partial charge in [-0.15, -0.1) is 0 Å². The van der Waals surface area contributed by atoms with Crippen LogP contribution in [0.2, 0.25) is 0 Å². The lowest BCUT2D eigenvalue weighted by Gasteiger charge is -2.34. The minimum atomic E-state index is 0.207. The van der Waals surface area contributed by atoms with Gasteiger partial charge in [-0.2, -0.15) is 0 Å². The molecular formula is C20H22N4O. The van der Waals surface area contributed by atoms with Crippen LogP contribution in [0.5, 0.6) is 0 Å². The molecule has 1 fully saturated rings. The van der Waals surface area contributed by atoms with Crippen LogP contribution in [-0.2, 0) is 11.2 Å². The number of aromatic amines is 1. The molecule has 3 aromatic rings. The largest absolute Gasteiger partial charge is 0.339 e. The Bertz CT molecular complexity index is 860. The van der Waals surface area contributed by atoms with Crippen molar-refractivity contribution in [1.82, 2.24) is 14.9 Å². The number of piperazine rings is 1. The molecule has 4 rings (SSSR count). The van der Waals surface area contributed by atoms with E-state index in [9.17, 15) is 4.79 Å². The van der Waals surface area contributed by atoms with Crippen molar-refractivity contribution < 1.29 is 4.79 Å². The van der Waals surface area contributed by atoms with Crippen LogP contribution in [0.25, 0.3) is 11.0 Å². The maximum Gasteiger partial charge on any atom is 0.227 e. The second kappa shape index (κ2) is 6.59. The summed E-state index contributed by atoms with van der Waals surface area (Å²) < 4.78 is 0. The van der Waals surface area contributed by atoms with E-state index in [0.717, 1.165) is 48.7 Å². The summed E-state index contributed by atoms with van der Waals surface area (Å²) in [5.74, 6) is 1.10. The Labute approximate surface area is 147 Å². The van der Waals surface area contributed by atoms with Gasteiger partial charge in [-0.1, -0.05) is 36.4 Å². The number of aryl methyl sites for hydroxylation is 1. The molecule has 1 aliphatic heterocycles. The molecule has 1 amide bonds. The van der Waals surface area contributed by atoms with Crippen LogP contribution in [0.15, 0.2) is 48.5 Å². The number of H-pyrrole nitrogens is 1. The topological polar surface area (TPSA) is 52.2 Å². The Balaban J connectivity index is 1.39. The number of para-hydroxylation sites is 2. The molecule has 0 saturated carbocycles. The predicted octanol–water partition coefficient (Wildman–Crippen LogP) is 2.76. The van der Waals surface area contributed by atoms with E-state index in [1.165, 1.54) is 5.56 Å². The summed E-state index contributed by atoms with van der Waals surface area (Å²) in [6, 6.07) is 16.2. The molecule has 25 heavy (non-hydrogen) atoms. The number of imidazole rings is 1. The normalized spacial score (nSPS) is 14.9.